The van der Waals surface area contributed by atoms with E-state index < -0.39 is 29.8 Å². The van der Waals surface area contributed by atoms with Gasteiger partial charge in [0.2, 0.25) is 11.8 Å². The SMILES string of the molecule is CN/N=C\C(=N)c1ccc(F)cc1C(C)Oc1cc(-c2c(C)cnn2CC2CCN(CC3CCN(c4ccc(C=O)c(C(=O)N(C)C5CCC(=O)NC5=O)c4)CC3)CC2)cnc1N. The standard InChI is InChI=1S/C46H56FN11O5/c1-28-22-53-58(43(28)33-19-41(44(49)51-23-33)63-29(2)37-20-34(47)6-8-36(37)39(48)24-52-50-3)26-31-11-15-56(16-12-31)25-30-13-17-57(18-14-30)35-7-5-32(27-59)38(21-35)46(62)55(4)40-9-10-42(60)54-45(40)61/h5-8,19-24,27,29-31,40,48,50H,9-18,25-26H2,1-4H3,(H2,49,51)(H,54,60,61)/b48-39?,52-24-. The minimum atomic E-state index is -0.776. The van der Waals surface area contributed by atoms with Gasteiger partial charge in [-0.05, 0) is 119 Å². The summed E-state index contributed by atoms with van der Waals surface area (Å²) in [6, 6.07) is 10.6. The molecule has 0 aliphatic carbocycles. The maximum absolute atomic E-state index is 14.4. The van der Waals surface area contributed by atoms with Crippen molar-refractivity contribution in [1.82, 2.24) is 35.3 Å². The molecule has 0 spiro atoms. The van der Waals surface area contributed by atoms with E-state index in [4.69, 9.17) is 21.0 Å². The topological polar surface area (TPSA) is 204 Å². The van der Waals surface area contributed by atoms with Gasteiger partial charge in [-0.2, -0.15) is 10.2 Å². The van der Waals surface area contributed by atoms with Crippen LogP contribution < -0.4 is 26.1 Å². The number of nitrogens with two attached hydrogens (primary N) is 1. The maximum Gasteiger partial charge on any atom is 0.255 e. The molecule has 3 aliphatic rings. The largest absolute Gasteiger partial charge is 0.482 e. The number of anilines is 2. The van der Waals surface area contributed by atoms with E-state index in [1.165, 1.54) is 30.3 Å². The number of nitrogens with zero attached hydrogens (tertiary/aromatic N) is 7. The summed E-state index contributed by atoms with van der Waals surface area (Å²) in [4.78, 5) is 60.2. The van der Waals surface area contributed by atoms with E-state index in [2.05, 4.69) is 30.6 Å². The summed E-state index contributed by atoms with van der Waals surface area (Å²) in [6.07, 6.45) is 9.44. The van der Waals surface area contributed by atoms with Crippen LogP contribution >= 0.6 is 0 Å². The number of aromatic nitrogens is 3. The Labute approximate surface area is 366 Å². The number of carbonyl (C=O) groups excluding carboxylic acids is 4. The molecule has 63 heavy (non-hydrogen) atoms. The number of rotatable bonds is 15. The fourth-order valence-electron chi connectivity index (χ4n) is 8.99. The molecule has 3 aliphatic heterocycles. The van der Waals surface area contributed by atoms with Crippen LogP contribution in [0.15, 0.2) is 60.0 Å². The number of imide groups is 1. The Balaban J connectivity index is 0.926. The van der Waals surface area contributed by atoms with Crippen molar-refractivity contribution < 1.29 is 28.3 Å². The number of aldehydes is 1. The molecule has 332 valence electrons. The van der Waals surface area contributed by atoms with E-state index in [0.717, 1.165) is 87.5 Å². The highest BCUT2D eigenvalue weighted by Crippen LogP contribution is 2.34. The van der Waals surface area contributed by atoms with Crippen LogP contribution in [0.4, 0.5) is 15.9 Å². The first-order valence-corrected chi connectivity index (χ1v) is 21.5. The average molecular weight is 862 g/mol. The summed E-state index contributed by atoms with van der Waals surface area (Å²) in [5, 5.41) is 19.5. The van der Waals surface area contributed by atoms with Crippen LogP contribution in [-0.2, 0) is 16.1 Å². The van der Waals surface area contributed by atoms with Crippen molar-refractivity contribution in [2.24, 2.45) is 16.9 Å². The van der Waals surface area contributed by atoms with Crippen LogP contribution in [0.2, 0.25) is 0 Å². The zero-order chi connectivity index (χ0) is 44.8. The van der Waals surface area contributed by atoms with Crippen LogP contribution in [0.5, 0.6) is 5.75 Å². The van der Waals surface area contributed by atoms with Crippen molar-refractivity contribution in [3.8, 4) is 17.0 Å². The molecule has 17 heteroatoms. The monoisotopic (exact) mass is 861 g/mol. The Hall–Kier alpha value is -6.49. The molecule has 0 radical (unpaired) electrons. The van der Waals surface area contributed by atoms with Crippen molar-refractivity contribution in [3.05, 3.63) is 88.5 Å². The van der Waals surface area contributed by atoms with Crippen molar-refractivity contribution in [2.45, 2.75) is 71.1 Å². The molecule has 3 amide bonds. The summed E-state index contributed by atoms with van der Waals surface area (Å²) in [5.74, 6) is -0.204. The predicted molar refractivity (Wildman–Crippen MR) is 239 cm³/mol. The Morgan fingerprint density at radius 1 is 1.05 bits per heavy atom. The Bertz CT molecular complexity index is 2390. The quantitative estimate of drug-likeness (QED) is 0.0542. The Kier molecular flexibility index (Phi) is 13.9. The third-order valence-electron chi connectivity index (χ3n) is 12.6. The molecule has 2 atom stereocenters. The molecule has 5 N–H and O–H groups in total. The lowest BCUT2D eigenvalue weighted by atomic mass is 9.92. The molecule has 16 nitrogen and oxygen atoms in total. The van der Waals surface area contributed by atoms with Crippen LogP contribution in [0.1, 0.15) is 89.0 Å². The second-order valence-corrected chi connectivity index (χ2v) is 16.8. The number of piperidine rings is 3. The number of nitrogen functional groups attached to an aromatic ring is 1. The lowest BCUT2D eigenvalue weighted by Gasteiger charge is -2.38. The number of halogens is 1. The molecule has 7 rings (SSSR count). The highest BCUT2D eigenvalue weighted by molar-refractivity contribution is 6.37. The molecule has 2 aromatic heterocycles. The van der Waals surface area contributed by atoms with E-state index >= 15 is 0 Å². The normalized spacial score (nSPS) is 18.3. The van der Waals surface area contributed by atoms with Gasteiger partial charge in [0.15, 0.2) is 17.9 Å². The number of pyridine rings is 1. The molecule has 2 aromatic carbocycles. The van der Waals surface area contributed by atoms with Crippen LogP contribution in [0.3, 0.4) is 0 Å². The number of hydrazone groups is 1. The van der Waals surface area contributed by atoms with Crippen LogP contribution in [-0.4, -0.2) is 113 Å². The van der Waals surface area contributed by atoms with Gasteiger partial charge in [0, 0.05) is 80.8 Å². The van der Waals surface area contributed by atoms with E-state index in [1.807, 2.05) is 29.9 Å². The van der Waals surface area contributed by atoms with Gasteiger partial charge >= 0.3 is 0 Å². The van der Waals surface area contributed by atoms with E-state index in [1.54, 1.807) is 38.4 Å². The number of ether oxygens (including phenoxy) is 1. The molecule has 3 saturated heterocycles. The highest BCUT2D eigenvalue weighted by Gasteiger charge is 2.34. The van der Waals surface area contributed by atoms with Crippen molar-refractivity contribution in [3.63, 3.8) is 0 Å². The zero-order valence-electron chi connectivity index (χ0n) is 36.3. The third kappa shape index (κ3) is 10.3. The second kappa shape index (κ2) is 19.7. The molecule has 4 aromatic rings. The maximum atomic E-state index is 14.4. The first kappa shape index (κ1) is 44.6. The number of aryl methyl sites for hydroxylation is 1. The van der Waals surface area contributed by atoms with Crippen LogP contribution in [0.25, 0.3) is 11.3 Å². The minimum absolute atomic E-state index is 0.104. The van der Waals surface area contributed by atoms with E-state index in [9.17, 15) is 23.6 Å². The summed E-state index contributed by atoms with van der Waals surface area (Å²) >= 11 is 0. The van der Waals surface area contributed by atoms with Gasteiger partial charge in [0.05, 0.1) is 29.4 Å². The Morgan fingerprint density at radius 3 is 2.49 bits per heavy atom. The number of amides is 3. The molecule has 0 saturated carbocycles. The minimum Gasteiger partial charge on any atom is -0.482 e. The van der Waals surface area contributed by atoms with E-state index in [0.29, 0.717) is 35.0 Å². The summed E-state index contributed by atoms with van der Waals surface area (Å²) in [6.45, 7) is 9.24. The summed E-state index contributed by atoms with van der Waals surface area (Å²) in [5.41, 5.74) is 14.1. The van der Waals surface area contributed by atoms with Gasteiger partial charge < -0.3 is 30.6 Å². The molecular weight excluding hydrogens is 806 g/mol. The lowest BCUT2D eigenvalue weighted by molar-refractivity contribution is -0.136. The van der Waals surface area contributed by atoms with Gasteiger partial charge in [-0.1, -0.05) is 0 Å². The molecule has 3 fully saturated rings. The average Bonchev–Trinajstić information content (AvgIpc) is 3.65. The van der Waals surface area contributed by atoms with Gasteiger partial charge in [0.25, 0.3) is 5.91 Å². The number of hydrogen-bond acceptors (Lipinski definition) is 13. The predicted octanol–water partition coefficient (Wildman–Crippen LogP) is 5.01. The molecule has 2 unspecified atom stereocenters. The van der Waals surface area contributed by atoms with Crippen molar-refractivity contribution in [1.29, 1.82) is 5.41 Å². The number of likely N-dealkylation sites (N-methyl/N-ethyl adjacent to an activating group) is 1. The van der Waals surface area contributed by atoms with Crippen LogP contribution in [0, 0.1) is 30.0 Å². The van der Waals surface area contributed by atoms with Crippen molar-refractivity contribution >= 4 is 47.4 Å². The van der Waals surface area contributed by atoms with E-state index in [-0.39, 0.29) is 41.4 Å². The number of likely N-dealkylation sites (tertiary alicyclic amines) is 1. The van der Waals surface area contributed by atoms with Gasteiger partial charge in [-0.15, -0.1) is 0 Å². The third-order valence-corrected chi connectivity index (χ3v) is 12.6. The van der Waals surface area contributed by atoms with Gasteiger partial charge in [0.1, 0.15) is 18.0 Å². The smallest absolute Gasteiger partial charge is 0.255 e. The zero-order valence-corrected chi connectivity index (χ0v) is 36.3. The Morgan fingerprint density at radius 2 is 1.78 bits per heavy atom. The molecular formula is C46H56FN11O5. The van der Waals surface area contributed by atoms with Gasteiger partial charge in [-0.3, -0.25) is 34.6 Å². The fourth-order valence-corrected chi connectivity index (χ4v) is 8.99. The molecule has 0 bridgehead atoms. The fraction of sp³-hybridized carbons (Fsp3) is 0.435. The number of hydrogen-bond donors (Lipinski definition) is 4. The lowest BCUT2D eigenvalue weighted by Crippen LogP contribution is -2.53. The van der Waals surface area contributed by atoms with Crippen molar-refractivity contribution in [2.75, 3.05) is 57.5 Å². The number of carbonyl (C=O) groups is 4. The first-order valence-electron chi connectivity index (χ1n) is 21.5. The first-order chi connectivity index (χ1) is 30.3. The number of nitrogens with one attached hydrogen (secondary N) is 3. The second-order valence-electron chi connectivity index (χ2n) is 16.8. The number of benzene rings is 2. The summed E-state index contributed by atoms with van der Waals surface area (Å²) in [7, 11) is 3.17. The highest BCUT2D eigenvalue weighted by atomic mass is 19.1. The summed E-state index contributed by atoms with van der Waals surface area (Å²) < 4.78 is 22.8. The van der Waals surface area contributed by atoms with Gasteiger partial charge in [-0.25, -0.2) is 9.37 Å². The molecule has 5 heterocycles.